The second-order valence-corrected chi connectivity index (χ2v) is 8.06. The Labute approximate surface area is 187 Å². The Bertz CT molecular complexity index is 976. The number of thioether (sulfide) groups is 1. The molecule has 0 aliphatic carbocycles. The number of hydrogen-bond donors (Lipinski definition) is 1. The van der Waals surface area contributed by atoms with Gasteiger partial charge in [0.15, 0.2) is 17.1 Å². The van der Waals surface area contributed by atoms with Gasteiger partial charge in [-0.2, -0.15) is 0 Å². The van der Waals surface area contributed by atoms with E-state index in [2.05, 4.69) is 15.5 Å². The van der Waals surface area contributed by atoms with E-state index < -0.39 is 0 Å². The van der Waals surface area contributed by atoms with Gasteiger partial charge < -0.3 is 19.4 Å². The number of rotatable bonds is 10. The van der Waals surface area contributed by atoms with Crippen molar-refractivity contribution < 1.29 is 14.3 Å². The number of benzene rings is 2. The van der Waals surface area contributed by atoms with Gasteiger partial charge in [-0.3, -0.25) is 4.79 Å². The van der Waals surface area contributed by atoms with Crippen LogP contribution in [0.2, 0.25) is 0 Å². The highest BCUT2D eigenvalue weighted by Crippen LogP contribution is 2.29. The Balaban J connectivity index is 1.70. The Kier molecular flexibility index (Phi) is 7.94. The molecule has 1 N–H and O–H groups in total. The molecule has 7 nitrogen and oxygen atoms in total. The van der Waals surface area contributed by atoms with E-state index >= 15 is 0 Å². The first-order valence-electron chi connectivity index (χ1n) is 10.3. The maximum absolute atomic E-state index is 12.8. The zero-order chi connectivity index (χ0) is 22.2. The summed E-state index contributed by atoms with van der Waals surface area (Å²) in [4.78, 5) is 12.8. The van der Waals surface area contributed by atoms with Crippen LogP contribution >= 0.6 is 11.8 Å². The van der Waals surface area contributed by atoms with Crippen LogP contribution in [0.15, 0.2) is 59.8 Å². The second kappa shape index (κ2) is 10.9. The van der Waals surface area contributed by atoms with Gasteiger partial charge in [0.1, 0.15) is 11.5 Å². The van der Waals surface area contributed by atoms with Crippen LogP contribution in [0.3, 0.4) is 0 Å². The first kappa shape index (κ1) is 22.7. The Morgan fingerprint density at radius 2 is 1.74 bits per heavy atom. The highest BCUT2D eigenvalue weighted by Gasteiger charge is 2.24. The molecule has 31 heavy (non-hydrogen) atoms. The normalized spacial score (nSPS) is 12.8. The van der Waals surface area contributed by atoms with Gasteiger partial charge in [-0.15, -0.1) is 10.2 Å². The van der Waals surface area contributed by atoms with Crippen LogP contribution in [0.5, 0.6) is 11.5 Å². The van der Waals surface area contributed by atoms with Crippen molar-refractivity contribution in [3.05, 3.63) is 60.4 Å². The number of carbonyl (C=O) groups is 1. The van der Waals surface area contributed by atoms with Crippen LogP contribution in [0, 0.1) is 0 Å². The third kappa shape index (κ3) is 5.79. The maximum atomic E-state index is 12.8. The average molecular weight is 441 g/mol. The van der Waals surface area contributed by atoms with Gasteiger partial charge in [0.2, 0.25) is 5.91 Å². The lowest BCUT2D eigenvalue weighted by molar-refractivity contribution is -0.115. The van der Waals surface area contributed by atoms with Gasteiger partial charge >= 0.3 is 0 Å². The standard InChI is InChI=1S/C23H28N4O3S/c1-5-20(22(28)24-17-10-8-7-9-11-17)31-23-26-25-21(27(23)6-2)16(3)30-19-14-12-18(29-4)13-15-19/h7-16,20H,5-6H2,1-4H3,(H,24,28). The topological polar surface area (TPSA) is 78.3 Å². The SMILES string of the molecule is CCC(Sc1nnc(C(C)Oc2ccc(OC)cc2)n1CC)C(=O)Nc1ccccc1. The van der Waals surface area contributed by atoms with Crippen molar-refractivity contribution in [3.63, 3.8) is 0 Å². The van der Waals surface area contributed by atoms with Gasteiger partial charge in [0, 0.05) is 12.2 Å². The largest absolute Gasteiger partial charge is 0.497 e. The summed E-state index contributed by atoms with van der Waals surface area (Å²) in [5, 5.41) is 12.1. The molecule has 2 aromatic carbocycles. The van der Waals surface area contributed by atoms with Crippen molar-refractivity contribution in [1.82, 2.24) is 14.8 Å². The third-order valence-electron chi connectivity index (χ3n) is 4.75. The number of ether oxygens (including phenoxy) is 2. The van der Waals surface area contributed by atoms with E-state index in [-0.39, 0.29) is 17.3 Å². The van der Waals surface area contributed by atoms with Gasteiger partial charge in [-0.1, -0.05) is 36.9 Å². The van der Waals surface area contributed by atoms with E-state index in [1.165, 1.54) is 11.8 Å². The minimum absolute atomic E-state index is 0.0477. The molecule has 1 heterocycles. The number of nitrogens with zero attached hydrogens (tertiary/aromatic N) is 3. The molecular weight excluding hydrogens is 412 g/mol. The minimum atomic E-state index is -0.298. The summed E-state index contributed by atoms with van der Waals surface area (Å²) in [6, 6.07) is 16.9. The maximum Gasteiger partial charge on any atom is 0.237 e. The number of amides is 1. The molecule has 0 fully saturated rings. The molecule has 0 saturated heterocycles. The monoisotopic (exact) mass is 440 g/mol. The van der Waals surface area contributed by atoms with Gasteiger partial charge in [-0.05, 0) is 56.7 Å². The lowest BCUT2D eigenvalue weighted by Crippen LogP contribution is -2.25. The average Bonchev–Trinajstić information content (AvgIpc) is 3.21. The molecule has 8 heteroatoms. The van der Waals surface area contributed by atoms with E-state index in [1.807, 2.05) is 79.9 Å². The predicted molar refractivity (Wildman–Crippen MR) is 123 cm³/mol. The van der Waals surface area contributed by atoms with Crippen molar-refractivity contribution in [1.29, 1.82) is 0 Å². The molecule has 0 aliphatic rings. The lowest BCUT2D eigenvalue weighted by atomic mass is 10.3. The van der Waals surface area contributed by atoms with E-state index in [0.29, 0.717) is 18.1 Å². The summed E-state index contributed by atoms with van der Waals surface area (Å²) < 4.78 is 13.2. The number of carbonyl (C=O) groups excluding carboxylic acids is 1. The van der Waals surface area contributed by atoms with Crippen LogP contribution in [-0.4, -0.2) is 33.0 Å². The van der Waals surface area contributed by atoms with E-state index in [1.54, 1.807) is 7.11 Å². The molecular formula is C23H28N4O3S. The molecule has 3 rings (SSSR count). The smallest absolute Gasteiger partial charge is 0.237 e. The van der Waals surface area contributed by atoms with Crippen molar-refractivity contribution in [2.45, 2.75) is 50.2 Å². The second-order valence-electron chi connectivity index (χ2n) is 6.89. The first-order valence-corrected chi connectivity index (χ1v) is 11.2. The predicted octanol–water partition coefficient (Wildman–Crippen LogP) is 4.96. The van der Waals surface area contributed by atoms with Crippen molar-refractivity contribution in [2.75, 3.05) is 12.4 Å². The summed E-state index contributed by atoms with van der Waals surface area (Å²) in [6.45, 7) is 6.64. The quantitative estimate of drug-likeness (QED) is 0.449. The Hall–Kier alpha value is -3.00. The zero-order valence-electron chi connectivity index (χ0n) is 18.2. The first-order chi connectivity index (χ1) is 15.0. The van der Waals surface area contributed by atoms with Crippen molar-refractivity contribution in [3.8, 4) is 11.5 Å². The molecule has 0 radical (unpaired) electrons. The summed E-state index contributed by atoms with van der Waals surface area (Å²) >= 11 is 1.42. The molecule has 2 atom stereocenters. The fourth-order valence-corrected chi connectivity index (χ4v) is 4.11. The van der Waals surface area contributed by atoms with Crippen LogP contribution in [0.25, 0.3) is 0 Å². The van der Waals surface area contributed by atoms with E-state index in [9.17, 15) is 4.79 Å². The third-order valence-corrected chi connectivity index (χ3v) is 6.09. The molecule has 0 saturated carbocycles. The van der Waals surface area contributed by atoms with Crippen molar-refractivity contribution >= 4 is 23.4 Å². The Morgan fingerprint density at radius 1 is 1.06 bits per heavy atom. The number of para-hydroxylation sites is 1. The summed E-state index contributed by atoms with van der Waals surface area (Å²) in [6.07, 6.45) is 0.376. The number of aromatic nitrogens is 3. The van der Waals surface area contributed by atoms with Gasteiger partial charge in [-0.25, -0.2) is 0 Å². The van der Waals surface area contributed by atoms with E-state index in [0.717, 1.165) is 23.0 Å². The molecule has 164 valence electrons. The molecule has 0 spiro atoms. The Morgan fingerprint density at radius 3 is 2.35 bits per heavy atom. The molecule has 2 unspecified atom stereocenters. The number of nitrogens with one attached hydrogen (secondary N) is 1. The molecule has 0 bridgehead atoms. The molecule has 1 aromatic heterocycles. The lowest BCUT2D eigenvalue weighted by Gasteiger charge is -2.17. The number of hydrogen-bond acceptors (Lipinski definition) is 6. The summed E-state index contributed by atoms with van der Waals surface area (Å²) in [5.41, 5.74) is 0.783. The summed E-state index contributed by atoms with van der Waals surface area (Å²) in [7, 11) is 1.63. The summed E-state index contributed by atoms with van der Waals surface area (Å²) in [5.74, 6) is 2.17. The fourth-order valence-electron chi connectivity index (χ4n) is 3.09. The van der Waals surface area contributed by atoms with E-state index in [4.69, 9.17) is 9.47 Å². The fraction of sp³-hybridized carbons (Fsp3) is 0.348. The molecule has 3 aromatic rings. The highest BCUT2D eigenvalue weighted by molar-refractivity contribution is 8.00. The van der Waals surface area contributed by atoms with Crippen LogP contribution in [-0.2, 0) is 11.3 Å². The van der Waals surface area contributed by atoms with Crippen LogP contribution < -0.4 is 14.8 Å². The van der Waals surface area contributed by atoms with Gasteiger partial charge in [0.25, 0.3) is 0 Å². The van der Waals surface area contributed by atoms with Crippen LogP contribution in [0.1, 0.15) is 39.1 Å². The number of methoxy groups -OCH3 is 1. The molecule has 1 amide bonds. The molecule has 0 aliphatic heterocycles. The van der Waals surface area contributed by atoms with Crippen molar-refractivity contribution in [2.24, 2.45) is 0 Å². The number of anilines is 1. The zero-order valence-corrected chi connectivity index (χ0v) is 19.1. The van der Waals surface area contributed by atoms with Crippen LogP contribution in [0.4, 0.5) is 5.69 Å². The highest BCUT2D eigenvalue weighted by atomic mass is 32.2. The van der Waals surface area contributed by atoms with Gasteiger partial charge in [0.05, 0.1) is 12.4 Å². The minimum Gasteiger partial charge on any atom is -0.497 e.